The van der Waals surface area contributed by atoms with Crippen LogP contribution in [0.15, 0.2) is 132 Å². The van der Waals surface area contributed by atoms with Crippen molar-refractivity contribution in [3.8, 4) is 11.3 Å². The highest BCUT2D eigenvalue weighted by molar-refractivity contribution is 6.11. The van der Waals surface area contributed by atoms with E-state index in [1.54, 1.807) is 0 Å². The Kier molecular flexibility index (Phi) is 10.8. The highest BCUT2D eigenvalue weighted by Gasteiger charge is 2.40. The number of aromatic amines is 1. The maximum Gasteiger partial charge on any atom is 0.252 e. The number of carbonyl (C=O) groups excluding carboxylic acids is 1. The molecule has 7 nitrogen and oxygen atoms in total. The van der Waals surface area contributed by atoms with Crippen molar-refractivity contribution in [3.63, 3.8) is 0 Å². The van der Waals surface area contributed by atoms with Gasteiger partial charge in [0, 0.05) is 87.7 Å². The third-order valence-corrected chi connectivity index (χ3v) is 14.3. The van der Waals surface area contributed by atoms with Crippen LogP contribution in [0.5, 0.6) is 0 Å². The first-order valence-electron chi connectivity index (χ1n) is 22.0. The van der Waals surface area contributed by atoms with Gasteiger partial charge in [-0.25, -0.2) is 8.97 Å². The van der Waals surface area contributed by atoms with Crippen molar-refractivity contribution in [2.75, 3.05) is 61.5 Å². The number of halogens is 2. The highest BCUT2D eigenvalue weighted by Crippen LogP contribution is 2.48. The van der Waals surface area contributed by atoms with E-state index in [2.05, 4.69) is 168 Å². The van der Waals surface area contributed by atoms with Gasteiger partial charge in [0.05, 0.1) is 18.7 Å². The fourth-order valence-corrected chi connectivity index (χ4v) is 11.1. The number of benzene rings is 4. The predicted molar refractivity (Wildman–Crippen MR) is 249 cm³/mol. The van der Waals surface area contributed by atoms with Gasteiger partial charge in [0.1, 0.15) is 5.82 Å². The van der Waals surface area contributed by atoms with E-state index in [0.717, 1.165) is 67.6 Å². The number of H-pyrrole nitrogens is 1. The van der Waals surface area contributed by atoms with E-state index in [4.69, 9.17) is 0 Å². The number of allylic oxidation sites excluding steroid dienone is 8. The Hall–Kier alpha value is -5.42. The summed E-state index contributed by atoms with van der Waals surface area (Å²) in [5.74, 6) is -0.631. The largest absolute Gasteiger partial charge is 1.00 e. The van der Waals surface area contributed by atoms with Gasteiger partial charge in [0.25, 0.3) is 5.91 Å². The molecule has 5 heterocycles. The average molecular weight is 939 g/mol. The molecular weight excluding hydrogens is 883 g/mol. The molecule has 0 unspecified atom stereocenters. The predicted octanol–water partition coefficient (Wildman–Crippen LogP) is 7.20. The number of hydrogen-bond acceptors (Lipinski definition) is 4. The molecule has 1 aromatic heterocycles. The second-order valence-electron chi connectivity index (χ2n) is 18.5. The molecule has 5 aliphatic rings. The van der Waals surface area contributed by atoms with Crippen LogP contribution in [-0.4, -0.2) is 68.0 Å². The first kappa shape index (κ1) is 41.9. The van der Waals surface area contributed by atoms with Gasteiger partial charge in [-0.05, 0) is 96.5 Å². The van der Waals surface area contributed by atoms with Crippen LogP contribution in [0.2, 0.25) is 0 Å². The Morgan fingerprint density at radius 3 is 1.85 bits per heavy atom. The fraction of sp³-hybridized carbons (Fsp3) is 0.321. The lowest BCUT2D eigenvalue weighted by Gasteiger charge is -2.30. The van der Waals surface area contributed by atoms with E-state index in [0.29, 0.717) is 24.0 Å². The molecule has 4 aliphatic heterocycles. The topological polar surface area (TPSA) is 57.6 Å². The van der Waals surface area contributed by atoms with Gasteiger partial charge < -0.3 is 49.0 Å². The van der Waals surface area contributed by atoms with Crippen molar-refractivity contribution >= 4 is 39.6 Å². The van der Waals surface area contributed by atoms with Gasteiger partial charge >= 0.3 is 0 Å². The number of piperazine rings is 1. The quantitative estimate of drug-likeness (QED) is 0.148. The number of likely N-dealkylation sites (N-methyl/N-ethyl adjacent to an activating group) is 2. The second-order valence-corrected chi connectivity index (χ2v) is 18.5. The van der Waals surface area contributed by atoms with Gasteiger partial charge in [-0.1, -0.05) is 88.4 Å². The number of carbonyl (C=O) groups is 1. The minimum absolute atomic E-state index is 0. The number of rotatable bonds is 4. The Morgan fingerprint density at radius 1 is 0.726 bits per heavy atom. The van der Waals surface area contributed by atoms with Crippen LogP contribution in [-0.2, 0) is 17.3 Å². The van der Waals surface area contributed by atoms with E-state index >= 15 is 0 Å². The fourth-order valence-electron chi connectivity index (χ4n) is 11.1. The zero-order valence-electron chi connectivity index (χ0n) is 36.7. The summed E-state index contributed by atoms with van der Waals surface area (Å²) in [5.41, 5.74) is 17.4. The SMILES string of the molecule is CN1/C(=C/C=C2\CCC/C(=C\C=C3\N(C)c4ccccc4C3(C)C)C2=[N+]2CCN(c3ccc(-c4[nH]c5cc(F)cc6c5c4CCNC6=O)cc3)CC2)C(C)(C)c2ccccc21.[I-]. The van der Waals surface area contributed by atoms with Crippen molar-refractivity contribution in [2.45, 2.75) is 64.2 Å². The van der Waals surface area contributed by atoms with Crippen molar-refractivity contribution in [1.82, 2.24) is 10.3 Å². The van der Waals surface area contributed by atoms with Crippen LogP contribution in [0.1, 0.15) is 74.0 Å². The molecule has 5 aromatic rings. The maximum atomic E-state index is 14.6. The van der Waals surface area contributed by atoms with Crippen molar-refractivity contribution < 1.29 is 37.7 Å². The number of para-hydroxylation sites is 2. The molecule has 0 bridgehead atoms. The number of anilines is 3. The Bertz CT molecular complexity index is 2680. The molecule has 0 spiro atoms. The summed E-state index contributed by atoms with van der Waals surface area (Å²) >= 11 is 0. The summed E-state index contributed by atoms with van der Waals surface area (Å²) in [6.07, 6.45) is 13.6. The number of nitrogens with zero attached hydrogens (tertiary/aromatic N) is 4. The van der Waals surface area contributed by atoms with Crippen molar-refractivity contribution in [3.05, 3.63) is 160 Å². The Balaban J connectivity index is 0.00000490. The molecule has 1 amide bonds. The molecule has 2 N–H and O–H groups in total. The Labute approximate surface area is 382 Å². The number of nitrogens with one attached hydrogen (secondary N) is 2. The third kappa shape index (κ3) is 6.91. The van der Waals surface area contributed by atoms with Crippen LogP contribution in [0.3, 0.4) is 0 Å². The average Bonchev–Trinajstić information content (AvgIpc) is 3.73. The van der Waals surface area contributed by atoms with Crippen LogP contribution in [0, 0.1) is 5.82 Å². The maximum absolute atomic E-state index is 14.6. The molecule has 1 aliphatic carbocycles. The molecule has 2 fully saturated rings. The summed E-state index contributed by atoms with van der Waals surface area (Å²) in [6, 6.07) is 29.2. The van der Waals surface area contributed by atoms with Crippen molar-refractivity contribution in [2.24, 2.45) is 0 Å². The lowest BCUT2D eigenvalue weighted by atomic mass is 9.82. The lowest BCUT2D eigenvalue weighted by molar-refractivity contribution is -0.529. The number of fused-ring (bicyclic) bond motifs is 2. The normalized spacial score (nSPS) is 21.8. The van der Waals surface area contributed by atoms with Gasteiger partial charge in [-0.2, -0.15) is 0 Å². The van der Waals surface area contributed by atoms with Gasteiger partial charge in [0.2, 0.25) is 5.71 Å². The number of amides is 1. The molecule has 62 heavy (non-hydrogen) atoms. The van der Waals surface area contributed by atoms with E-state index in [-0.39, 0.29) is 40.7 Å². The summed E-state index contributed by atoms with van der Waals surface area (Å²) in [5, 5.41) is 3.76. The molecular formula is C53H56FIN6O. The van der Waals surface area contributed by atoms with Crippen LogP contribution in [0.25, 0.3) is 22.2 Å². The molecule has 0 radical (unpaired) electrons. The third-order valence-electron chi connectivity index (χ3n) is 14.3. The number of aromatic nitrogens is 1. The molecule has 0 atom stereocenters. The first-order valence-corrected chi connectivity index (χ1v) is 22.0. The summed E-state index contributed by atoms with van der Waals surface area (Å²) in [4.78, 5) is 23.5. The zero-order chi connectivity index (χ0) is 42.2. The van der Waals surface area contributed by atoms with Gasteiger partial charge in [0.15, 0.2) is 13.1 Å². The number of hydrogen-bond donors (Lipinski definition) is 2. The van der Waals surface area contributed by atoms with Crippen LogP contribution in [0.4, 0.5) is 21.5 Å². The van der Waals surface area contributed by atoms with E-state index in [1.807, 2.05) is 0 Å². The first-order chi connectivity index (χ1) is 29.4. The van der Waals surface area contributed by atoms with E-state index in [9.17, 15) is 9.18 Å². The molecule has 4 aromatic carbocycles. The molecule has 10 rings (SSSR count). The molecule has 9 heteroatoms. The smallest absolute Gasteiger partial charge is 0.252 e. The monoisotopic (exact) mass is 938 g/mol. The van der Waals surface area contributed by atoms with Crippen LogP contribution < -0.4 is 44.0 Å². The summed E-state index contributed by atoms with van der Waals surface area (Å²) in [7, 11) is 4.41. The summed E-state index contributed by atoms with van der Waals surface area (Å²) in [6.45, 7) is 13.6. The minimum Gasteiger partial charge on any atom is -1.00 e. The van der Waals surface area contributed by atoms with E-state index < -0.39 is 5.82 Å². The van der Waals surface area contributed by atoms with Crippen molar-refractivity contribution in [1.29, 1.82) is 0 Å². The standard InChI is InChI=1S/C53H55FN6O.HI/c1-52(2)41-14-7-9-16-44(41)57(5)46(52)24-20-35-12-11-13-36(21-25-47-53(3,4)42-15-8-10-17-45(42)58(47)6)50(35)60-30-28-59(29-31-60)38-22-18-34(19-23-38)49-39-26-27-55-51(61)40-32-37(54)33-43(56-49)48(39)40;/h7-10,14-25,32-33H,11-13,26-31H2,1-6H3,(H-,55,56,61);1H. The van der Waals surface area contributed by atoms with Crippen LogP contribution >= 0.6 is 0 Å². The highest BCUT2D eigenvalue weighted by atomic mass is 127. The molecule has 1 saturated heterocycles. The summed E-state index contributed by atoms with van der Waals surface area (Å²) < 4.78 is 17.2. The zero-order valence-corrected chi connectivity index (χ0v) is 38.9. The minimum atomic E-state index is -0.410. The Morgan fingerprint density at radius 2 is 1.29 bits per heavy atom. The molecule has 318 valence electrons. The van der Waals surface area contributed by atoms with E-state index in [1.165, 1.54) is 68.6 Å². The lowest BCUT2D eigenvalue weighted by Crippen LogP contribution is -3.00. The molecule has 1 saturated carbocycles. The van der Waals surface area contributed by atoms with Gasteiger partial charge in [-0.15, -0.1) is 0 Å². The van der Waals surface area contributed by atoms with Gasteiger partial charge in [-0.3, -0.25) is 4.79 Å². The second kappa shape index (κ2) is 16.0.